The number of unbranched alkanes of at least 4 members (excludes halogenated alkanes) is 22. The average molecular weight is 554 g/mol. The smallest absolute Gasteiger partial charge is 0.220 e. The van der Waals surface area contributed by atoms with Crippen LogP contribution in [0.25, 0.3) is 0 Å². The normalized spacial score (nSPS) is 14.0. The van der Waals surface area contributed by atoms with E-state index in [1.165, 1.54) is 135 Å². The molecule has 0 aliphatic carbocycles. The zero-order valence-electron chi connectivity index (χ0n) is 27.0. The van der Waals surface area contributed by atoms with Crippen LogP contribution in [-0.4, -0.2) is 34.4 Å². The molecule has 3 N–H and O–H groups in total. The van der Waals surface area contributed by atoms with Crippen LogP contribution < -0.4 is 5.32 Å². The van der Waals surface area contributed by atoms with Crippen LogP contribution in [0.1, 0.15) is 195 Å². The third-order valence-corrected chi connectivity index (χ3v) is 8.30. The van der Waals surface area contributed by atoms with E-state index in [1.807, 2.05) is 6.92 Å². The van der Waals surface area contributed by atoms with E-state index in [-0.39, 0.29) is 11.9 Å². The van der Waals surface area contributed by atoms with Gasteiger partial charge in [-0.2, -0.15) is 0 Å². The minimum Gasteiger partial charge on any atom is -0.390 e. The molecule has 39 heavy (non-hydrogen) atoms. The summed E-state index contributed by atoms with van der Waals surface area (Å²) in [5.41, 5.74) is 0. The molecular formula is C35H71NO3. The van der Waals surface area contributed by atoms with Crippen LogP contribution in [0, 0.1) is 5.92 Å². The van der Waals surface area contributed by atoms with Gasteiger partial charge >= 0.3 is 0 Å². The second-order valence-electron chi connectivity index (χ2n) is 12.8. The largest absolute Gasteiger partial charge is 0.390 e. The van der Waals surface area contributed by atoms with Gasteiger partial charge < -0.3 is 15.5 Å². The fourth-order valence-corrected chi connectivity index (χ4v) is 5.65. The highest BCUT2D eigenvalue weighted by Gasteiger charge is 2.27. The molecule has 0 rings (SSSR count). The Bertz CT molecular complexity index is 510. The van der Waals surface area contributed by atoms with Gasteiger partial charge in [-0.25, -0.2) is 0 Å². The number of carbonyl (C=O) groups is 1. The summed E-state index contributed by atoms with van der Waals surface area (Å²) in [6.45, 7) is 8.29. The number of aliphatic hydroxyl groups is 2. The first kappa shape index (κ1) is 38.4. The van der Waals surface area contributed by atoms with Crippen molar-refractivity contribution in [3.05, 3.63) is 0 Å². The minimum atomic E-state index is -0.893. The Balaban J connectivity index is 3.44. The van der Waals surface area contributed by atoms with E-state index in [0.717, 1.165) is 12.8 Å². The van der Waals surface area contributed by atoms with Crippen LogP contribution in [0.5, 0.6) is 0 Å². The van der Waals surface area contributed by atoms with Crippen molar-refractivity contribution in [1.29, 1.82) is 0 Å². The molecule has 0 saturated carbocycles. The van der Waals surface area contributed by atoms with Crippen LogP contribution in [0.15, 0.2) is 0 Å². The second-order valence-corrected chi connectivity index (χ2v) is 12.8. The molecule has 0 aromatic rings. The van der Waals surface area contributed by atoms with E-state index < -0.39 is 12.2 Å². The van der Waals surface area contributed by atoms with E-state index in [2.05, 4.69) is 26.1 Å². The van der Waals surface area contributed by atoms with Crippen molar-refractivity contribution in [2.45, 2.75) is 213 Å². The third kappa shape index (κ3) is 26.1. The van der Waals surface area contributed by atoms with Gasteiger partial charge in [0.05, 0.1) is 18.2 Å². The maximum atomic E-state index is 12.4. The highest BCUT2D eigenvalue weighted by atomic mass is 16.3. The van der Waals surface area contributed by atoms with Crippen LogP contribution in [0.3, 0.4) is 0 Å². The molecule has 4 heteroatoms. The summed E-state index contributed by atoms with van der Waals surface area (Å²) >= 11 is 0. The topological polar surface area (TPSA) is 69.6 Å². The van der Waals surface area contributed by atoms with Crippen molar-refractivity contribution in [2.24, 2.45) is 5.92 Å². The number of aliphatic hydroxyl groups excluding tert-OH is 2. The Morgan fingerprint density at radius 3 is 1.21 bits per heavy atom. The lowest BCUT2D eigenvalue weighted by Crippen LogP contribution is -2.49. The molecule has 0 radical (unpaired) electrons. The summed E-state index contributed by atoms with van der Waals surface area (Å²) in [4.78, 5) is 12.4. The monoisotopic (exact) mass is 554 g/mol. The molecule has 3 atom stereocenters. The fourth-order valence-electron chi connectivity index (χ4n) is 5.65. The van der Waals surface area contributed by atoms with E-state index >= 15 is 0 Å². The molecule has 0 aliphatic heterocycles. The van der Waals surface area contributed by atoms with Crippen molar-refractivity contribution in [2.75, 3.05) is 0 Å². The van der Waals surface area contributed by atoms with Gasteiger partial charge in [-0.15, -0.1) is 0 Å². The SMILES string of the molecule is CCCCCCCCCCCCCCCCCCCCCCCCCC(=O)N[C@@H](CC(C)C)[C@H](O)[C@H](O)CC. The van der Waals surface area contributed by atoms with Gasteiger partial charge in [-0.05, 0) is 25.2 Å². The summed E-state index contributed by atoms with van der Waals surface area (Å²) in [6, 6.07) is -0.364. The molecule has 0 aliphatic rings. The van der Waals surface area contributed by atoms with Crippen LogP contribution in [0.4, 0.5) is 0 Å². The number of hydrogen-bond donors (Lipinski definition) is 3. The number of amides is 1. The molecule has 1 amide bonds. The molecule has 0 heterocycles. The van der Waals surface area contributed by atoms with Gasteiger partial charge in [0, 0.05) is 6.42 Å². The van der Waals surface area contributed by atoms with Crippen molar-refractivity contribution < 1.29 is 15.0 Å². The maximum absolute atomic E-state index is 12.4. The van der Waals surface area contributed by atoms with E-state index in [0.29, 0.717) is 25.2 Å². The highest BCUT2D eigenvalue weighted by Crippen LogP contribution is 2.16. The molecule has 0 saturated heterocycles. The number of rotatable bonds is 30. The van der Waals surface area contributed by atoms with Crippen molar-refractivity contribution >= 4 is 5.91 Å². The molecular weight excluding hydrogens is 482 g/mol. The summed E-state index contributed by atoms with van der Waals surface area (Å²) in [7, 11) is 0. The molecule has 0 aromatic heterocycles. The quantitative estimate of drug-likeness (QED) is 0.0775. The van der Waals surface area contributed by atoms with E-state index in [1.54, 1.807) is 0 Å². The Kier molecular flexibility index (Phi) is 28.4. The summed E-state index contributed by atoms with van der Waals surface area (Å²) in [6.07, 6.45) is 31.5. The summed E-state index contributed by atoms with van der Waals surface area (Å²) in [5, 5.41) is 23.3. The van der Waals surface area contributed by atoms with Gasteiger partial charge in [0.2, 0.25) is 5.91 Å². The Morgan fingerprint density at radius 2 is 0.897 bits per heavy atom. The van der Waals surface area contributed by atoms with Gasteiger partial charge in [0.25, 0.3) is 0 Å². The predicted octanol–water partition coefficient (Wildman–Crippen LogP) is 10.0. The lowest BCUT2D eigenvalue weighted by Gasteiger charge is -2.28. The molecule has 0 aromatic carbocycles. The van der Waals surface area contributed by atoms with Crippen LogP contribution in [0.2, 0.25) is 0 Å². The van der Waals surface area contributed by atoms with Crippen molar-refractivity contribution in [3.63, 3.8) is 0 Å². The first-order chi connectivity index (χ1) is 18.9. The predicted molar refractivity (Wildman–Crippen MR) is 170 cm³/mol. The van der Waals surface area contributed by atoms with Crippen molar-refractivity contribution in [3.8, 4) is 0 Å². The van der Waals surface area contributed by atoms with E-state index in [4.69, 9.17) is 0 Å². The van der Waals surface area contributed by atoms with Gasteiger partial charge in [-0.3, -0.25) is 4.79 Å². The van der Waals surface area contributed by atoms with Crippen LogP contribution >= 0.6 is 0 Å². The molecule has 0 fully saturated rings. The van der Waals surface area contributed by atoms with Gasteiger partial charge in [-0.1, -0.05) is 169 Å². The lowest BCUT2D eigenvalue weighted by atomic mass is 9.94. The Hall–Kier alpha value is -0.610. The summed E-state index contributed by atoms with van der Waals surface area (Å²) in [5.74, 6) is 0.361. The van der Waals surface area contributed by atoms with Crippen LogP contribution in [-0.2, 0) is 4.79 Å². The summed E-state index contributed by atoms with van der Waals surface area (Å²) < 4.78 is 0. The average Bonchev–Trinajstić information content (AvgIpc) is 2.92. The van der Waals surface area contributed by atoms with E-state index in [9.17, 15) is 15.0 Å². The Labute approximate surface area is 244 Å². The number of nitrogens with one attached hydrogen (secondary N) is 1. The van der Waals surface area contributed by atoms with Gasteiger partial charge in [0.15, 0.2) is 0 Å². The zero-order chi connectivity index (χ0) is 29.0. The molecule has 4 nitrogen and oxygen atoms in total. The minimum absolute atomic E-state index is 0.00602. The maximum Gasteiger partial charge on any atom is 0.220 e. The lowest BCUT2D eigenvalue weighted by molar-refractivity contribution is -0.123. The van der Waals surface area contributed by atoms with Gasteiger partial charge in [0.1, 0.15) is 0 Å². The second kappa shape index (κ2) is 28.9. The number of hydrogen-bond acceptors (Lipinski definition) is 3. The molecule has 234 valence electrons. The standard InChI is InChI=1S/C35H71NO3/c1-5-7-8-9-10-11-12-13-14-15-16-17-18-19-20-21-22-23-24-25-26-27-28-29-34(38)36-32(30-31(3)4)35(39)33(37)6-2/h31-33,35,37,39H,5-30H2,1-4H3,(H,36,38)/t32-,33+,35-/m0/s1. The van der Waals surface area contributed by atoms with Crippen molar-refractivity contribution in [1.82, 2.24) is 5.32 Å². The molecule has 0 spiro atoms. The zero-order valence-corrected chi connectivity index (χ0v) is 27.0. The molecule has 0 unspecified atom stereocenters. The number of carbonyl (C=O) groups excluding carboxylic acids is 1. The highest BCUT2D eigenvalue weighted by molar-refractivity contribution is 5.76. The Morgan fingerprint density at radius 1 is 0.564 bits per heavy atom. The third-order valence-electron chi connectivity index (χ3n) is 8.30. The first-order valence-electron chi connectivity index (χ1n) is 17.6. The molecule has 0 bridgehead atoms. The fraction of sp³-hybridized carbons (Fsp3) is 0.971. The first-order valence-corrected chi connectivity index (χ1v) is 17.6.